The molecular weight excluding hydrogens is 507 g/mol. The van der Waals surface area contributed by atoms with Gasteiger partial charge in [0.1, 0.15) is 29.9 Å². The van der Waals surface area contributed by atoms with Crippen molar-refractivity contribution >= 4 is 11.8 Å². The zero-order valence-corrected chi connectivity index (χ0v) is 23.2. The average Bonchev–Trinajstić information content (AvgIpc) is 3.39. The van der Waals surface area contributed by atoms with Crippen LogP contribution in [-0.2, 0) is 14.3 Å². The van der Waals surface area contributed by atoms with E-state index in [0.717, 1.165) is 0 Å². The number of carbonyl (C=O) groups excluding carboxylic acids is 2. The van der Waals surface area contributed by atoms with Gasteiger partial charge in [-0.2, -0.15) is 0 Å². The van der Waals surface area contributed by atoms with Crippen molar-refractivity contribution in [2.45, 2.75) is 64.4 Å². The Morgan fingerprint density at radius 1 is 1.13 bits per heavy atom. The fourth-order valence-electron chi connectivity index (χ4n) is 4.86. The molecule has 0 radical (unpaired) electrons. The maximum absolute atomic E-state index is 14.3. The molecular formula is C29H41FN2O7. The summed E-state index contributed by atoms with van der Waals surface area (Å²) in [6.45, 7) is 6.40. The van der Waals surface area contributed by atoms with Gasteiger partial charge in [-0.3, -0.25) is 9.59 Å². The van der Waals surface area contributed by atoms with Gasteiger partial charge in [-0.05, 0) is 49.4 Å². The highest BCUT2D eigenvalue weighted by Gasteiger charge is 2.33. The van der Waals surface area contributed by atoms with Gasteiger partial charge >= 0.3 is 0 Å². The van der Waals surface area contributed by atoms with Crippen LogP contribution in [0, 0.1) is 11.7 Å². The number of furan rings is 1. The van der Waals surface area contributed by atoms with E-state index >= 15 is 0 Å². The molecule has 0 saturated carbocycles. The third-order valence-corrected chi connectivity index (χ3v) is 6.98. The number of hydrogen-bond donors (Lipinski definition) is 2. The second kappa shape index (κ2) is 14.6. The van der Waals surface area contributed by atoms with Crippen LogP contribution in [0.25, 0.3) is 11.3 Å². The number of carbonyl (C=O) groups is 2. The number of benzene rings is 1. The van der Waals surface area contributed by atoms with Crippen molar-refractivity contribution in [2.24, 2.45) is 5.92 Å². The van der Waals surface area contributed by atoms with Crippen LogP contribution < -0.4 is 0 Å². The predicted octanol–water partition coefficient (Wildman–Crippen LogP) is 3.34. The van der Waals surface area contributed by atoms with E-state index in [2.05, 4.69) is 0 Å². The van der Waals surface area contributed by atoms with Crippen molar-refractivity contribution in [3.63, 3.8) is 0 Å². The Labute approximate surface area is 229 Å². The highest BCUT2D eigenvalue weighted by Crippen LogP contribution is 2.27. The molecule has 1 saturated heterocycles. The lowest BCUT2D eigenvalue weighted by atomic mass is 10.00. The summed E-state index contributed by atoms with van der Waals surface area (Å²) >= 11 is 0. The van der Waals surface area contributed by atoms with Crippen molar-refractivity contribution in [1.29, 1.82) is 0 Å². The standard InChI is InChI=1S/C29H41FN2O7/c1-19(2)15-21-16-31(20(3)33)17-27(37-4)28(35)24(34)18-38-14-8-7-13-32(21)29(36)26-12-11-25(39-26)22-9-5-6-10-23(22)30/h5-6,9-12,19,21,24,27-28,34-35H,7-8,13-18H2,1-4H3/t21-,24-,27-,28-/m1/s1. The molecule has 9 nitrogen and oxygen atoms in total. The number of nitrogens with zero attached hydrogens (tertiary/aromatic N) is 2. The number of aliphatic hydroxyl groups is 2. The van der Waals surface area contributed by atoms with E-state index in [1.165, 1.54) is 25.0 Å². The fraction of sp³-hybridized carbons (Fsp3) is 0.586. The van der Waals surface area contributed by atoms with Crippen LogP contribution in [0.1, 0.15) is 50.6 Å². The van der Waals surface area contributed by atoms with Crippen molar-refractivity contribution < 1.29 is 38.1 Å². The molecule has 1 fully saturated rings. The van der Waals surface area contributed by atoms with Gasteiger partial charge in [0.2, 0.25) is 5.91 Å². The summed E-state index contributed by atoms with van der Waals surface area (Å²) in [6, 6.07) is 8.97. The third kappa shape index (κ3) is 8.35. The molecule has 0 bridgehead atoms. The molecule has 1 aliphatic heterocycles. The highest BCUT2D eigenvalue weighted by atomic mass is 19.1. The van der Waals surface area contributed by atoms with Gasteiger partial charge in [0.25, 0.3) is 5.91 Å². The minimum Gasteiger partial charge on any atom is -0.451 e. The Hall–Kier alpha value is -2.79. The summed E-state index contributed by atoms with van der Waals surface area (Å²) in [5.41, 5.74) is 0.266. The smallest absolute Gasteiger partial charge is 0.289 e. The second-order valence-electron chi connectivity index (χ2n) is 10.5. The monoisotopic (exact) mass is 548 g/mol. The van der Waals surface area contributed by atoms with Crippen LogP contribution >= 0.6 is 0 Å². The van der Waals surface area contributed by atoms with Crippen LogP contribution in [0.5, 0.6) is 0 Å². The number of rotatable bonds is 5. The van der Waals surface area contributed by atoms with Gasteiger partial charge in [0.05, 0.1) is 12.2 Å². The molecule has 1 aromatic heterocycles. The van der Waals surface area contributed by atoms with Crippen molar-refractivity contribution in [2.75, 3.05) is 40.0 Å². The number of hydrogen-bond acceptors (Lipinski definition) is 7. The molecule has 1 aromatic carbocycles. The quantitative estimate of drug-likeness (QED) is 0.589. The number of amides is 2. The normalized spacial score (nSPS) is 24.0. The van der Waals surface area contributed by atoms with Gasteiger partial charge in [0, 0.05) is 46.3 Å². The number of ether oxygens (including phenoxy) is 2. The molecule has 3 rings (SSSR count). The second-order valence-corrected chi connectivity index (χ2v) is 10.5. The molecule has 216 valence electrons. The summed E-state index contributed by atoms with van der Waals surface area (Å²) in [5, 5.41) is 21.0. The van der Waals surface area contributed by atoms with E-state index < -0.39 is 24.1 Å². The molecule has 2 amide bonds. The summed E-state index contributed by atoms with van der Waals surface area (Å²) < 4.78 is 31.2. The Balaban J connectivity index is 1.94. The van der Waals surface area contributed by atoms with E-state index in [9.17, 15) is 24.2 Å². The first kappa shape index (κ1) is 30.7. The van der Waals surface area contributed by atoms with E-state index in [4.69, 9.17) is 13.9 Å². The van der Waals surface area contributed by atoms with Gasteiger partial charge in [-0.1, -0.05) is 26.0 Å². The summed E-state index contributed by atoms with van der Waals surface area (Å²) in [7, 11) is 1.41. The summed E-state index contributed by atoms with van der Waals surface area (Å²) in [5.74, 6) is -0.492. The van der Waals surface area contributed by atoms with Crippen molar-refractivity contribution in [3.05, 3.63) is 48.0 Å². The van der Waals surface area contributed by atoms with Crippen LogP contribution in [0.3, 0.4) is 0 Å². The molecule has 0 unspecified atom stereocenters. The first-order chi connectivity index (χ1) is 18.6. The van der Waals surface area contributed by atoms with E-state index in [0.29, 0.717) is 32.4 Å². The van der Waals surface area contributed by atoms with Crippen molar-refractivity contribution in [1.82, 2.24) is 9.80 Å². The molecule has 2 heterocycles. The lowest BCUT2D eigenvalue weighted by molar-refractivity contribution is -0.137. The lowest BCUT2D eigenvalue weighted by Crippen LogP contribution is -2.53. The minimum atomic E-state index is -1.26. The molecule has 1 aliphatic rings. The molecule has 39 heavy (non-hydrogen) atoms. The molecule has 0 aliphatic carbocycles. The predicted molar refractivity (Wildman–Crippen MR) is 143 cm³/mol. The maximum atomic E-state index is 14.3. The topological polar surface area (TPSA) is 113 Å². The van der Waals surface area contributed by atoms with Gasteiger partial charge in [0.15, 0.2) is 5.76 Å². The minimum absolute atomic E-state index is 0.0267. The summed E-state index contributed by atoms with van der Waals surface area (Å²) in [4.78, 5) is 29.8. The van der Waals surface area contributed by atoms with Crippen molar-refractivity contribution in [3.8, 4) is 11.3 Å². The molecule has 2 N–H and O–H groups in total. The van der Waals surface area contributed by atoms with Crippen LogP contribution in [0.2, 0.25) is 0 Å². The first-order valence-corrected chi connectivity index (χ1v) is 13.5. The number of aliphatic hydroxyl groups excluding tert-OH is 2. The number of halogens is 1. The zero-order valence-electron chi connectivity index (χ0n) is 23.2. The number of methoxy groups -OCH3 is 1. The highest BCUT2D eigenvalue weighted by molar-refractivity contribution is 5.92. The first-order valence-electron chi connectivity index (χ1n) is 13.5. The molecule has 10 heteroatoms. The summed E-state index contributed by atoms with van der Waals surface area (Å²) in [6.07, 6.45) is -1.45. The zero-order chi connectivity index (χ0) is 28.5. The van der Waals surface area contributed by atoms with Gasteiger partial charge in [-0.15, -0.1) is 0 Å². The Morgan fingerprint density at radius 2 is 1.87 bits per heavy atom. The van der Waals surface area contributed by atoms with Crippen LogP contribution in [0.15, 0.2) is 40.8 Å². The van der Waals surface area contributed by atoms with E-state index in [1.54, 1.807) is 35.2 Å². The van der Waals surface area contributed by atoms with Crippen LogP contribution in [-0.4, -0.2) is 96.1 Å². The largest absolute Gasteiger partial charge is 0.451 e. The van der Waals surface area contributed by atoms with Crippen LogP contribution in [0.4, 0.5) is 4.39 Å². The third-order valence-electron chi connectivity index (χ3n) is 6.98. The fourth-order valence-corrected chi connectivity index (χ4v) is 4.86. The molecule has 0 spiro atoms. The molecule has 2 aromatic rings. The van der Waals surface area contributed by atoms with Gasteiger partial charge < -0.3 is 33.9 Å². The van der Waals surface area contributed by atoms with E-state index in [-0.39, 0.29) is 60.6 Å². The Kier molecular flexibility index (Phi) is 11.5. The SMILES string of the molecule is CO[C@@H]1CN(C(C)=O)C[C@@H](CC(C)C)N(C(=O)c2ccc(-c3ccccc3F)o2)CCCCOC[C@@H](O)[C@H]1O. The average molecular weight is 549 g/mol. The van der Waals surface area contributed by atoms with E-state index in [1.807, 2.05) is 13.8 Å². The maximum Gasteiger partial charge on any atom is 0.289 e. The lowest BCUT2D eigenvalue weighted by Gasteiger charge is -2.38. The Morgan fingerprint density at radius 3 is 2.54 bits per heavy atom. The Bertz CT molecular complexity index is 1080. The molecule has 4 atom stereocenters. The van der Waals surface area contributed by atoms with Gasteiger partial charge in [-0.25, -0.2) is 4.39 Å².